The van der Waals surface area contributed by atoms with Gasteiger partial charge in [0.2, 0.25) is 0 Å². The van der Waals surface area contributed by atoms with Crippen molar-refractivity contribution < 1.29 is 14.3 Å². The van der Waals surface area contributed by atoms with Gasteiger partial charge in [-0.2, -0.15) is 5.10 Å². The molecule has 6 heteroatoms. The number of aromatic amines is 1. The van der Waals surface area contributed by atoms with Gasteiger partial charge in [-0.05, 0) is 48.9 Å². The molecule has 5 rings (SSSR count). The van der Waals surface area contributed by atoms with Crippen LogP contribution in [0.25, 0.3) is 11.3 Å². The van der Waals surface area contributed by atoms with Crippen molar-refractivity contribution in [1.82, 2.24) is 10.2 Å². The lowest BCUT2D eigenvalue weighted by molar-refractivity contribution is 0.0988. The normalized spacial score (nSPS) is 15.5. The molecule has 0 unspecified atom stereocenters. The van der Waals surface area contributed by atoms with Crippen molar-refractivity contribution >= 4 is 11.6 Å². The van der Waals surface area contributed by atoms with Gasteiger partial charge in [-0.1, -0.05) is 42.0 Å². The highest BCUT2D eigenvalue weighted by Crippen LogP contribution is 2.45. The van der Waals surface area contributed by atoms with Gasteiger partial charge in [-0.3, -0.25) is 14.8 Å². The number of hydrogen-bond donors (Lipinski definition) is 2. The summed E-state index contributed by atoms with van der Waals surface area (Å²) in [6.45, 7) is 2.01. The summed E-state index contributed by atoms with van der Waals surface area (Å²) in [5.41, 5.74) is 5.30. The number of halogens is 1. The molecule has 3 aromatic carbocycles. The molecule has 5 nitrogen and oxygen atoms in total. The van der Waals surface area contributed by atoms with Gasteiger partial charge in [0, 0.05) is 16.8 Å². The number of phenols is 1. The Morgan fingerprint density at radius 1 is 0.967 bits per heavy atom. The summed E-state index contributed by atoms with van der Waals surface area (Å²) in [6.07, 6.45) is 0. The molecule has 1 amide bonds. The second-order valence-electron chi connectivity index (χ2n) is 7.37. The molecule has 4 aromatic rings. The molecular weight excluding hydrogens is 381 g/mol. The van der Waals surface area contributed by atoms with E-state index in [2.05, 4.69) is 10.2 Å². The van der Waals surface area contributed by atoms with Crippen molar-refractivity contribution in [3.05, 3.63) is 101 Å². The number of H-pyrrole nitrogens is 1. The Hall–Kier alpha value is -3.93. The fourth-order valence-corrected chi connectivity index (χ4v) is 3.92. The van der Waals surface area contributed by atoms with Crippen LogP contribution in [0.15, 0.2) is 72.8 Å². The van der Waals surface area contributed by atoms with E-state index < -0.39 is 6.04 Å². The van der Waals surface area contributed by atoms with Crippen LogP contribution in [0.3, 0.4) is 0 Å². The molecule has 0 fully saturated rings. The maximum atomic E-state index is 13.5. The predicted octanol–water partition coefficient (Wildman–Crippen LogP) is 4.98. The number of nitrogens with one attached hydrogen (secondary N) is 1. The first-order chi connectivity index (χ1) is 14.5. The van der Waals surface area contributed by atoms with E-state index in [1.807, 2.05) is 31.2 Å². The van der Waals surface area contributed by atoms with Crippen LogP contribution in [0, 0.1) is 12.7 Å². The number of carbonyl (C=O) groups excluding carboxylic acids is 1. The van der Waals surface area contributed by atoms with E-state index >= 15 is 0 Å². The van der Waals surface area contributed by atoms with Crippen LogP contribution in [0.4, 0.5) is 10.1 Å². The Labute approximate surface area is 172 Å². The van der Waals surface area contributed by atoms with Gasteiger partial charge < -0.3 is 5.11 Å². The maximum Gasteiger partial charge on any atom is 0.277 e. The predicted molar refractivity (Wildman–Crippen MR) is 112 cm³/mol. The topological polar surface area (TPSA) is 69.2 Å². The first-order valence-electron chi connectivity index (χ1n) is 9.56. The average Bonchev–Trinajstić information content (AvgIpc) is 3.29. The van der Waals surface area contributed by atoms with Gasteiger partial charge in [0.25, 0.3) is 5.91 Å². The summed E-state index contributed by atoms with van der Waals surface area (Å²) in [4.78, 5) is 15.0. The molecule has 1 aliphatic rings. The number of nitrogens with zero attached hydrogens (tertiary/aromatic N) is 2. The number of benzene rings is 3. The Bertz CT molecular complexity index is 1230. The molecule has 0 radical (unpaired) electrons. The lowest BCUT2D eigenvalue weighted by atomic mass is 9.95. The number of phenolic OH excluding ortho intramolecular Hbond substituents is 1. The molecule has 2 N–H and O–H groups in total. The van der Waals surface area contributed by atoms with Crippen molar-refractivity contribution in [2.45, 2.75) is 13.0 Å². The molecule has 1 atom stereocenters. The minimum atomic E-state index is -0.464. The maximum absolute atomic E-state index is 13.5. The zero-order chi connectivity index (χ0) is 20.8. The third-order valence-electron chi connectivity index (χ3n) is 5.41. The second-order valence-corrected chi connectivity index (χ2v) is 7.37. The first kappa shape index (κ1) is 18.1. The molecule has 0 spiro atoms. The van der Waals surface area contributed by atoms with Crippen molar-refractivity contribution in [1.29, 1.82) is 0 Å². The van der Waals surface area contributed by atoms with Crippen LogP contribution in [0.1, 0.15) is 33.2 Å². The standard InChI is InChI=1S/C24H18FN3O2/c1-14-2-4-15(5-3-14)21-20-22(27-26-21)24(30)28(18-10-8-17(25)9-11-18)23(20)16-6-12-19(29)13-7-16/h2-13,23,29H,1H3,(H,26,27)/t23-/m1/s1. The van der Waals surface area contributed by atoms with E-state index in [4.69, 9.17) is 0 Å². The number of aryl methyl sites for hydroxylation is 1. The number of carbonyl (C=O) groups is 1. The van der Waals surface area contributed by atoms with Crippen molar-refractivity contribution in [2.24, 2.45) is 0 Å². The monoisotopic (exact) mass is 399 g/mol. The summed E-state index contributed by atoms with van der Waals surface area (Å²) < 4.78 is 13.5. The summed E-state index contributed by atoms with van der Waals surface area (Å²) in [5.74, 6) is -0.463. The van der Waals surface area contributed by atoms with Gasteiger partial charge in [0.05, 0.1) is 11.7 Å². The van der Waals surface area contributed by atoms with E-state index in [0.29, 0.717) is 17.1 Å². The molecule has 1 aromatic heterocycles. The van der Waals surface area contributed by atoms with Gasteiger partial charge in [0.15, 0.2) is 0 Å². The molecule has 2 heterocycles. The minimum absolute atomic E-state index is 0.141. The van der Waals surface area contributed by atoms with Gasteiger partial charge in [-0.15, -0.1) is 0 Å². The molecule has 0 saturated heterocycles. The number of fused-ring (bicyclic) bond motifs is 1. The van der Waals surface area contributed by atoms with Crippen LogP contribution in [-0.4, -0.2) is 21.2 Å². The highest BCUT2D eigenvalue weighted by atomic mass is 19.1. The Balaban J connectivity index is 1.71. The molecule has 0 aliphatic carbocycles. The van der Waals surface area contributed by atoms with E-state index in [-0.39, 0.29) is 17.5 Å². The van der Waals surface area contributed by atoms with E-state index in [1.54, 1.807) is 41.3 Å². The van der Waals surface area contributed by atoms with Crippen LogP contribution in [-0.2, 0) is 0 Å². The number of anilines is 1. The number of hydrogen-bond acceptors (Lipinski definition) is 3. The Morgan fingerprint density at radius 3 is 2.30 bits per heavy atom. The zero-order valence-electron chi connectivity index (χ0n) is 16.1. The fraction of sp³-hybridized carbons (Fsp3) is 0.0833. The zero-order valence-corrected chi connectivity index (χ0v) is 16.1. The number of aromatic hydroxyl groups is 1. The third kappa shape index (κ3) is 2.85. The quantitative estimate of drug-likeness (QED) is 0.511. The van der Waals surface area contributed by atoms with Gasteiger partial charge >= 0.3 is 0 Å². The van der Waals surface area contributed by atoms with Crippen LogP contribution in [0.5, 0.6) is 5.75 Å². The smallest absolute Gasteiger partial charge is 0.277 e. The Kier molecular flexibility index (Phi) is 4.13. The van der Waals surface area contributed by atoms with Gasteiger partial charge in [0.1, 0.15) is 17.3 Å². The molecule has 1 aliphatic heterocycles. The molecule has 30 heavy (non-hydrogen) atoms. The molecule has 0 bridgehead atoms. The first-order valence-corrected chi connectivity index (χ1v) is 9.56. The number of aromatic nitrogens is 2. The lowest BCUT2D eigenvalue weighted by Crippen LogP contribution is -2.29. The van der Waals surface area contributed by atoms with E-state index in [1.165, 1.54) is 12.1 Å². The second kappa shape index (κ2) is 6.84. The van der Waals surface area contributed by atoms with Crippen molar-refractivity contribution in [3.63, 3.8) is 0 Å². The Morgan fingerprint density at radius 2 is 1.63 bits per heavy atom. The SMILES string of the molecule is Cc1ccc(-c2n[nH]c3c2[C@@H](c2ccc(O)cc2)N(c2ccc(F)cc2)C3=O)cc1. The summed E-state index contributed by atoms with van der Waals surface area (Å²) in [7, 11) is 0. The number of amides is 1. The van der Waals surface area contributed by atoms with Crippen LogP contribution >= 0.6 is 0 Å². The van der Waals surface area contributed by atoms with Crippen molar-refractivity contribution in [3.8, 4) is 17.0 Å². The minimum Gasteiger partial charge on any atom is -0.508 e. The van der Waals surface area contributed by atoms with Crippen LogP contribution < -0.4 is 4.90 Å². The fourth-order valence-electron chi connectivity index (χ4n) is 3.92. The summed E-state index contributed by atoms with van der Waals surface area (Å²) in [5, 5.41) is 17.1. The van der Waals surface area contributed by atoms with Crippen molar-refractivity contribution in [2.75, 3.05) is 4.90 Å². The average molecular weight is 399 g/mol. The third-order valence-corrected chi connectivity index (χ3v) is 5.41. The molecule has 148 valence electrons. The molecular formula is C24H18FN3O2. The largest absolute Gasteiger partial charge is 0.508 e. The molecule has 0 saturated carbocycles. The highest BCUT2D eigenvalue weighted by molar-refractivity contribution is 6.11. The number of rotatable bonds is 3. The summed E-state index contributed by atoms with van der Waals surface area (Å²) >= 11 is 0. The van der Waals surface area contributed by atoms with E-state index in [0.717, 1.165) is 22.3 Å². The van der Waals surface area contributed by atoms with Crippen LogP contribution in [0.2, 0.25) is 0 Å². The van der Waals surface area contributed by atoms with E-state index in [9.17, 15) is 14.3 Å². The highest BCUT2D eigenvalue weighted by Gasteiger charge is 2.43. The van der Waals surface area contributed by atoms with Gasteiger partial charge in [-0.25, -0.2) is 4.39 Å². The lowest BCUT2D eigenvalue weighted by Gasteiger charge is -2.26. The summed E-state index contributed by atoms with van der Waals surface area (Å²) in [6, 6.07) is 20.1.